The van der Waals surface area contributed by atoms with Gasteiger partial charge in [-0.05, 0) is 49.9 Å². The largest absolute Gasteiger partial charge is 0.369 e. The highest BCUT2D eigenvalue weighted by atomic mass is 79.9. The predicted molar refractivity (Wildman–Crippen MR) is 104 cm³/mol. The Hall–Kier alpha value is -1.45. The summed E-state index contributed by atoms with van der Waals surface area (Å²) in [6.07, 6.45) is 2.49. The van der Waals surface area contributed by atoms with Crippen molar-refractivity contribution >= 4 is 37.8 Å². The van der Waals surface area contributed by atoms with Gasteiger partial charge in [-0.2, -0.15) is 4.31 Å². The Labute approximate surface area is 168 Å². The topological polar surface area (TPSA) is 101 Å². The van der Waals surface area contributed by atoms with E-state index in [-0.39, 0.29) is 35.1 Å². The molecule has 1 aromatic carbocycles. The van der Waals surface area contributed by atoms with E-state index in [4.69, 9.17) is 5.73 Å². The van der Waals surface area contributed by atoms with Crippen molar-refractivity contribution in [3.05, 3.63) is 28.7 Å². The normalized spacial score (nSPS) is 22.6. The Morgan fingerprint density at radius 3 is 2.22 bits per heavy atom. The first-order valence-electron chi connectivity index (χ1n) is 9.13. The number of rotatable bonds is 4. The third kappa shape index (κ3) is 4.52. The van der Waals surface area contributed by atoms with Gasteiger partial charge in [0.15, 0.2) is 0 Å². The van der Waals surface area contributed by atoms with Gasteiger partial charge in [-0.1, -0.05) is 15.9 Å². The van der Waals surface area contributed by atoms with Crippen LogP contribution in [0.5, 0.6) is 0 Å². The van der Waals surface area contributed by atoms with E-state index in [9.17, 15) is 18.0 Å². The molecular weight excluding hydrogens is 434 g/mol. The molecule has 2 saturated heterocycles. The van der Waals surface area contributed by atoms with Gasteiger partial charge in [0.25, 0.3) is 0 Å². The maximum absolute atomic E-state index is 12.9. The number of nitrogens with two attached hydrogens (primary N) is 1. The number of likely N-dealkylation sites (tertiary alicyclic amines) is 1. The molecule has 0 spiro atoms. The van der Waals surface area contributed by atoms with Gasteiger partial charge in [-0.3, -0.25) is 9.59 Å². The number of piperidine rings is 2. The lowest BCUT2D eigenvalue weighted by molar-refractivity contribution is -0.139. The van der Waals surface area contributed by atoms with Crippen LogP contribution in [0.4, 0.5) is 0 Å². The predicted octanol–water partition coefficient (Wildman–Crippen LogP) is 1.57. The van der Waals surface area contributed by atoms with Crippen molar-refractivity contribution in [3.63, 3.8) is 0 Å². The number of nitrogens with zero attached hydrogens (tertiary/aromatic N) is 2. The molecule has 7 nitrogen and oxygen atoms in total. The van der Waals surface area contributed by atoms with E-state index in [0.29, 0.717) is 45.3 Å². The third-order valence-corrected chi connectivity index (χ3v) is 7.80. The van der Waals surface area contributed by atoms with Crippen LogP contribution in [-0.2, 0) is 19.6 Å². The lowest BCUT2D eigenvalue weighted by atomic mass is 9.93. The summed E-state index contributed by atoms with van der Waals surface area (Å²) >= 11 is 3.31. The van der Waals surface area contributed by atoms with Crippen LogP contribution in [-0.4, -0.2) is 55.6 Å². The smallest absolute Gasteiger partial charge is 0.243 e. The van der Waals surface area contributed by atoms with Crippen LogP contribution in [0.1, 0.15) is 25.7 Å². The molecule has 9 heteroatoms. The summed E-state index contributed by atoms with van der Waals surface area (Å²) in [7, 11) is -3.62. The minimum atomic E-state index is -3.62. The third-order valence-electron chi connectivity index (χ3n) is 5.39. The molecule has 2 aliphatic rings. The average molecular weight is 458 g/mol. The summed E-state index contributed by atoms with van der Waals surface area (Å²) in [5.41, 5.74) is 5.34. The van der Waals surface area contributed by atoms with Gasteiger partial charge in [0.1, 0.15) is 0 Å². The van der Waals surface area contributed by atoms with Crippen LogP contribution in [0, 0.1) is 11.8 Å². The molecule has 0 bridgehead atoms. The van der Waals surface area contributed by atoms with Gasteiger partial charge < -0.3 is 10.6 Å². The van der Waals surface area contributed by atoms with Gasteiger partial charge >= 0.3 is 0 Å². The summed E-state index contributed by atoms with van der Waals surface area (Å²) in [4.78, 5) is 26.1. The van der Waals surface area contributed by atoms with Crippen molar-refractivity contribution in [3.8, 4) is 0 Å². The molecule has 0 aromatic heterocycles. The second-order valence-electron chi connectivity index (χ2n) is 7.16. The van der Waals surface area contributed by atoms with Gasteiger partial charge in [0.2, 0.25) is 21.8 Å². The standard InChI is InChI=1S/C18H24BrN3O4S/c19-15-3-5-16(6-4-15)27(25,26)22-9-1-2-14(12-22)18(24)21-10-7-13(8-11-21)17(20)23/h3-6,13-14H,1-2,7-12H2,(H2,20,23). The highest BCUT2D eigenvalue weighted by Gasteiger charge is 2.36. The van der Waals surface area contributed by atoms with E-state index in [1.54, 1.807) is 29.2 Å². The average Bonchev–Trinajstić information content (AvgIpc) is 2.68. The van der Waals surface area contributed by atoms with E-state index in [1.165, 1.54) is 4.31 Å². The number of sulfonamides is 1. The zero-order valence-electron chi connectivity index (χ0n) is 15.0. The Morgan fingerprint density at radius 2 is 1.63 bits per heavy atom. The molecule has 2 amide bonds. The van der Waals surface area contributed by atoms with Gasteiger partial charge in [0, 0.05) is 36.6 Å². The quantitative estimate of drug-likeness (QED) is 0.740. The van der Waals surface area contributed by atoms with E-state index in [0.717, 1.165) is 4.47 Å². The molecule has 2 N–H and O–H groups in total. The maximum Gasteiger partial charge on any atom is 0.243 e. The molecule has 0 saturated carbocycles. The van der Waals surface area contributed by atoms with Crippen molar-refractivity contribution < 1.29 is 18.0 Å². The molecule has 2 fully saturated rings. The van der Waals surface area contributed by atoms with Crippen molar-refractivity contribution in [2.75, 3.05) is 26.2 Å². The van der Waals surface area contributed by atoms with Crippen LogP contribution < -0.4 is 5.73 Å². The summed E-state index contributed by atoms with van der Waals surface area (Å²) in [5, 5.41) is 0. The number of carbonyl (C=O) groups excluding carboxylic acids is 2. The monoisotopic (exact) mass is 457 g/mol. The Kier molecular flexibility index (Phi) is 6.22. The van der Waals surface area contributed by atoms with Gasteiger partial charge in [0.05, 0.1) is 10.8 Å². The number of hydrogen-bond acceptors (Lipinski definition) is 4. The van der Waals surface area contributed by atoms with Crippen molar-refractivity contribution in [1.29, 1.82) is 0 Å². The van der Waals surface area contributed by atoms with Crippen molar-refractivity contribution in [2.45, 2.75) is 30.6 Å². The van der Waals surface area contributed by atoms with Crippen LogP contribution in [0.25, 0.3) is 0 Å². The Bertz CT molecular complexity index is 804. The molecule has 2 aliphatic heterocycles. The first kappa shape index (κ1) is 20.3. The first-order chi connectivity index (χ1) is 12.8. The SMILES string of the molecule is NC(=O)C1CCN(C(=O)C2CCCN(S(=O)(=O)c3ccc(Br)cc3)C2)CC1. The Morgan fingerprint density at radius 1 is 1.00 bits per heavy atom. The molecule has 148 valence electrons. The van der Waals surface area contributed by atoms with Gasteiger partial charge in [-0.15, -0.1) is 0 Å². The van der Waals surface area contributed by atoms with Crippen molar-refractivity contribution in [1.82, 2.24) is 9.21 Å². The van der Waals surface area contributed by atoms with E-state index in [2.05, 4.69) is 15.9 Å². The fourth-order valence-corrected chi connectivity index (χ4v) is 5.55. The van der Waals surface area contributed by atoms with E-state index in [1.807, 2.05) is 0 Å². The van der Waals surface area contributed by atoms with E-state index >= 15 is 0 Å². The lowest BCUT2D eigenvalue weighted by Crippen LogP contribution is -2.49. The number of halogens is 1. The molecule has 3 rings (SSSR count). The van der Waals surface area contributed by atoms with Crippen LogP contribution in [0.15, 0.2) is 33.6 Å². The molecule has 27 heavy (non-hydrogen) atoms. The molecule has 0 radical (unpaired) electrons. The highest BCUT2D eigenvalue weighted by Crippen LogP contribution is 2.27. The van der Waals surface area contributed by atoms with Gasteiger partial charge in [-0.25, -0.2) is 8.42 Å². The second kappa shape index (κ2) is 8.28. The zero-order chi connectivity index (χ0) is 19.6. The molecule has 1 aromatic rings. The summed E-state index contributed by atoms with van der Waals surface area (Å²) in [5.74, 6) is -0.844. The molecule has 0 aliphatic carbocycles. The fourth-order valence-electron chi connectivity index (χ4n) is 3.76. The summed E-state index contributed by atoms with van der Waals surface area (Å²) in [6.45, 7) is 1.63. The number of amides is 2. The molecule has 1 unspecified atom stereocenters. The highest BCUT2D eigenvalue weighted by molar-refractivity contribution is 9.10. The minimum Gasteiger partial charge on any atom is -0.369 e. The van der Waals surface area contributed by atoms with Crippen LogP contribution >= 0.6 is 15.9 Å². The molecule has 2 heterocycles. The van der Waals surface area contributed by atoms with E-state index < -0.39 is 10.0 Å². The zero-order valence-corrected chi connectivity index (χ0v) is 17.4. The number of benzene rings is 1. The number of hydrogen-bond donors (Lipinski definition) is 1. The number of carbonyl (C=O) groups is 2. The maximum atomic E-state index is 12.9. The minimum absolute atomic E-state index is 0.0198. The first-order valence-corrected chi connectivity index (χ1v) is 11.4. The molecular formula is C18H24BrN3O4S. The van der Waals surface area contributed by atoms with Crippen LogP contribution in [0.2, 0.25) is 0 Å². The molecule has 1 atom stereocenters. The fraction of sp³-hybridized carbons (Fsp3) is 0.556. The summed E-state index contributed by atoms with van der Waals surface area (Å²) in [6, 6.07) is 6.53. The lowest BCUT2D eigenvalue weighted by Gasteiger charge is -2.37. The second-order valence-corrected chi connectivity index (χ2v) is 10.0. The number of primary amides is 1. The Balaban J connectivity index is 1.66. The van der Waals surface area contributed by atoms with Crippen molar-refractivity contribution in [2.24, 2.45) is 17.6 Å². The van der Waals surface area contributed by atoms with Crippen LogP contribution in [0.3, 0.4) is 0 Å². The summed E-state index contributed by atoms with van der Waals surface area (Å²) < 4.78 is 28.0.